The molecule has 3 rings (SSSR count). The van der Waals surface area contributed by atoms with Gasteiger partial charge in [-0.15, -0.1) is 0 Å². The van der Waals surface area contributed by atoms with Crippen LogP contribution in [-0.2, 0) is 17.9 Å². The number of carbonyl (C=O) groups is 3. The molecule has 9 heteroatoms. The van der Waals surface area contributed by atoms with Gasteiger partial charge in [0.05, 0.1) is 12.9 Å². The topological polar surface area (TPSA) is 96.3 Å². The molecule has 0 saturated heterocycles. The Morgan fingerprint density at radius 1 is 1.27 bits per heavy atom. The van der Waals surface area contributed by atoms with Crippen LogP contribution in [0.25, 0.3) is 0 Å². The van der Waals surface area contributed by atoms with Crippen molar-refractivity contribution in [3.05, 3.63) is 52.0 Å². The van der Waals surface area contributed by atoms with Crippen LogP contribution in [-0.4, -0.2) is 50.8 Å². The third-order valence-corrected chi connectivity index (χ3v) is 6.35. The van der Waals surface area contributed by atoms with Gasteiger partial charge in [-0.05, 0) is 43.4 Å². The second-order valence-electron chi connectivity index (χ2n) is 9.05. The van der Waals surface area contributed by atoms with Crippen molar-refractivity contribution in [3.63, 3.8) is 0 Å². The molecule has 0 unspecified atom stereocenters. The van der Waals surface area contributed by atoms with Crippen LogP contribution in [0, 0.1) is 5.92 Å². The highest BCUT2D eigenvalue weighted by atomic mass is 79.9. The summed E-state index contributed by atoms with van der Waals surface area (Å²) in [6.07, 6.45) is 3.03. The second-order valence-corrected chi connectivity index (χ2v) is 9.97. The third kappa shape index (κ3) is 5.46. The number of aromatic nitrogens is 2. The minimum absolute atomic E-state index is 0.0818. The van der Waals surface area contributed by atoms with Crippen LogP contribution >= 0.6 is 15.9 Å². The second kappa shape index (κ2) is 10.5. The summed E-state index contributed by atoms with van der Waals surface area (Å²) in [7, 11) is 0. The van der Waals surface area contributed by atoms with E-state index in [-0.39, 0.29) is 29.7 Å². The smallest absolute Gasteiger partial charge is 0.273 e. The lowest BCUT2D eigenvalue weighted by atomic mass is 9.93. The molecule has 1 aliphatic rings. The van der Waals surface area contributed by atoms with E-state index in [2.05, 4.69) is 45.4 Å². The Hall–Kier alpha value is -2.68. The van der Waals surface area contributed by atoms with Gasteiger partial charge >= 0.3 is 0 Å². The maximum Gasteiger partial charge on any atom is 0.273 e. The van der Waals surface area contributed by atoms with Crippen molar-refractivity contribution in [2.75, 3.05) is 13.1 Å². The number of nitrogens with one attached hydrogen (secondary N) is 2. The highest BCUT2D eigenvalue weighted by Crippen LogP contribution is 2.29. The van der Waals surface area contributed by atoms with Gasteiger partial charge in [0.15, 0.2) is 5.69 Å². The van der Waals surface area contributed by atoms with Crippen molar-refractivity contribution in [1.82, 2.24) is 25.1 Å². The number of fused-ring (bicyclic) bond motifs is 1. The van der Waals surface area contributed by atoms with Gasteiger partial charge in [0.25, 0.3) is 11.8 Å². The lowest BCUT2D eigenvalue weighted by Crippen LogP contribution is -2.64. The van der Waals surface area contributed by atoms with Crippen molar-refractivity contribution in [2.45, 2.75) is 59.2 Å². The molecule has 178 valence electrons. The number of hydrogen-bond donors (Lipinski definition) is 2. The standard InChI is InChI=1S/C24H32BrN5O3/c1-5-11-30-22(32)20-19(21(31)27-13-17-7-6-8-18(25)12-17)28-15-29(20)14-24(30,4)23(33)26-10-9-16(2)3/h6-8,12,15-16H,5,9-11,13-14H2,1-4H3,(H,26,33)(H,27,31)/t24-/m1/s1. The van der Waals surface area contributed by atoms with Crippen LogP contribution in [0.3, 0.4) is 0 Å². The number of benzene rings is 1. The zero-order chi connectivity index (χ0) is 24.2. The molecule has 1 aromatic heterocycles. The Bertz CT molecular complexity index is 1030. The summed E-state index contributed by atoms with van der Waals surface area (Å²) in [5.74, 6) is -0.491. The Labute approximate surface area is 203 Å². The first kappa shape index (κ1) is 25.0. The Morgan fingerprint density at radius 2 is 2.03 bits per heavy atom. The van der Waals surface area contributed by atoms with Gasteiger partial charge in [0, 0.05) is 24.1 Å². The van der Waals surface area contributed by atoms with Crippen LogP contribution in [0.2, 0.25) is 0 Å². The molecule has 0 fully saturated rings. The van der Waals surface area contributed by atoms with E-state index in [0.29, 0.717) is 32.0 Å². The minimum atomic E-state index is -1.05. The molecule has 0 saturated carbocycles. The maximum absolute atomic E-state index is 13.5. The van der Waals surface area contributed by atoms with E-state index in [9.17, 15) is 14.4 Å². The molecule has 2 N–H and O–H groups in total. The van der Waals surface area contributed by atoms with Crippen LogP contribution in [0.1, 0.15) is 67.1 Å². The first-order valence-corrected chi connectivity index (χ1v) is 12.1. The third-order valence-electron chi connectivity index (χ3n) is 5.86. The molecule has 8 nitrogen and oxygen atoms in total. The van der Waals surface area contributed by atoms with E-state index in [0.717, 1.165) is 16.5 Å². The average molecular weight is 518 g/mol. The van der Waals surface area contributed by atoms with E-state index < -0.39 is 11.4 Å². The SMILES string of the molecule is CCCN1C(=O)c2c(C(=O)NCc3cccc(Br)c3)ncn2C[C@]1(C)C(=O)NCCC(C)C. The predicted octanol–water partition coefficient (Wildman–Crippen LogP) is 3.36. The van der Waals surface area contributed by atoms with Crippen LogP contribution in [0.15, 0.2) is 35.1 Å². The molecule has 0 spiro atoms. The predicted molar refractivity (Wildman–Crippen MR) is 130 cm³/mol. The summed E-state index contributed by atoms with van der Waals surface area (Å²) in [6.45, 7) is 9.46. The fraction of sp³-hybridized carbons (Fsp3) is 0.500. The first-order valence-electron chi connectivity index (χ1n) is 11.4. The number of halogens is 1. The van der Waals surface area contributed by atoms with Crippen LogP contribution in [0.4, 0.5) is 0 Å². The van der Waals surface area contributed by atoms with E-state index in [1.165, 1.54) is 6.33 Å². The molecule has 3 amide bonds. The zero-order valence-electron chi connectivity index (χ0n) is 19.7. The minimum Gasteiger partial charge on any atom is -0.354 e. The Kier molecular flexibility index (Phi) is 7.94. The molecule has 1 aliphatic heterocycles. The first-order chi connectivity index (χ1) is 15.7. The lowest BCUT2D eigenvalue weighted by Gasteiger charge is -2.43. The molecular weight excluding hydrogens is 486 g/mol. The number of nitrogens with zero attached hydrogens (tertiary/aromatic N) is 3. The highest BCUT2D eigenvalue weighted by Gasteiger charge is 2.48. The molecule has 33 heavy (non-hydrogen) atoms. The fourth-order valence-corrected chi connectivity index (χ4v) is 4.45. The summed E-state index contributed by atoms with van der Waals surface area (Å²) in [4.78, 5) is 45.4. The number of hydrogen-bond acceptors (Lipinski definition) is 4. The van der Waals surface area contributed by atoms with Gasteiger partial charge in [0.2, 0.25) is 5.91 Å². The van der Waals surface area contributed by atoms with Gasteiger partial charge in [0.1, 0.15) is 11.2 Å². The normalized spacial score (nSPS) is 17.8. The van der Waals surface area contributed by atoms with E-state index in [4.69, 9.17) is 0 Å². The zero-order valence-corrected chi connectivity index (χ0v) is 21.2. The highest BCUT2D eigenvalue weighted by molar-refractivity contribution is 9.10. The number of imidazole rings is 1. The summed E-state index contributed by atoms with van der Waals surface area (Å²) in [5.41, 5.74) is 0.179. The van der Waals surface area contributed by atoms with E-state index in [1.807, 2.05) is 31.2 Å². The summed E-state index contributed by atoms with van der Waals surface area (Å²) in [5, 5.41) is 5.83. The lowest BCUT2D eigenvalue weighted by molar-refractivity contribution is -0.132. The number of amides is 3. The molecule has 1 atom stereocenters. The molecular formula is C24H32BrN5O3. The summed E-state index contributed by atoms with van der Waals surface area (Å²) < 4.78 is 2.55. The molecule has 0 bridgehead atoms. The molecule has 0 aliphatic carbocycles. The Morgan fingerprint density at radius 3 is 2.70 bits per heavy atom. The molecule has 1 aromatic carbocycles. The number of rotatable bonds is 9. The molecule has 0 radical (unpaired) electrons. The monoisotopic (exact) mass is 517 g/mol. The van der Waals surface area contributed by atoms with Crippen molar-refractivity contribution < 1.29 is 14.4 Å². The van der Waals surface area contributed by atoms with E-state index in [1.54, 1.807) is 16.4 Å². The van der Waals surface area contributed by atoms with Gasteiger partial charge in [-0.3, -0.25) is 14.4 Å². The Balaban J connectivity index is 1.82. The number of carbonyl (C=O) groups excluding carboxylic acids is 3. The molecule has 2 aromatic rings. The van der Waals surface area contributed by atoms with Crippen LogP contribution < -0.4 is 10.6 Å². The fourth-order valence-electron chi connectivity index (χ4n) is 4.01. The van der Waals surface area contributed by atoms with Crippen molar-refractivity contribution in [1.29, 1.82) is 0 Å². The molecule has 2 heterocycles. The van der Waals surface area contributed by atoms with Gasteiger partial charge in [-0.25, -0.2) is 4.98 Å². The largest absolute Gasteiger partial charge is 0.354 e. The maximum atomic E-state index is 13.5. The van der Waals surface area contributed by atoms with Gasteiger partial charge < -0.3 is 20.1 Å². The van der Waals surface area contributed by atoms with E-state index >= 15 is 0 Å². The van der Waals surface area contributed by atoms with Crippen molar-refractivity contribution in [2.24, 2.45) is 5.92 Å². The van der Waals surface area contributed by atoms with Gasteiger partial charge in [-0.1, -0.05) is 48.8 Å². The average Bonchev–Trinajstić information content (AvgIpc) is 3.18. The van der Waals surface area contributed by atoms with Gasteiger partial charge in [-0.2, -0.15) is 0 Å². The van der Waals surface area contributed by atoms with Crippen molar-refractivity contribution >= 4 is 33.7 Å². The quantitative estimate of drug-likeness (QED) is 0.532. The van der Waals surface area contributed by atoms with Crippen molar-refractivity contribution in [3.8, 4) is 0 Å². The van der Waals surface area contributed by atoms with Crippen LogP contribution in [0.5, 0.6) is 0 Å². The summed E-state index contributed by atoms with van der Waals surface area (Å²) in [6, 6.07) is 7.63. The summed E-state index contributed by atoms with van der Waals surface area (Å²) >= 11 is 3.42.